The summed E-state index contributed by atoms with van der Waals surface area (Å²) in [5.41, 5.74) is 5.79. The first-order valence-corrected chi connectivity index (χ1v) is 5.84. The highest BCUT2D eigenvalue weighted by Gasteiger charge is 2.28. The molecule has 8 nitrogen and oxygen atoms in total. The van der Waals surface area contributed by atoms with Crippen LogP contribution in [0.4, 0.5) is 11.5 Å². The van der Waals surface area contributed by atoms with Crippen LogP contribution in [0, 0.1) is 10.1 Å². The van der Waals surface area contributed by atoms with E-state index in [0.29, 0.717) is 31.7 Å². The van der Waals surface area contributed by atoms with Gasteiger partial charge in [0.05, 0.1) is 11.0 Å². The number of nitrogens with two attached hydrogens (primary N) is 1. The fraction of sp³-hybridized carbons (Fsp3) is 0.700. The lowest BCUT2D eigenvalue weighted by molar-refractivity contribution is -0.384. The Morgan fingerprint density at radius 1 is 1.67 bits per heavy atom. The van der Waals surface area contributed by atoms with Crippen molar-refractivity contribution in [3.8, 4) is 0 Å². The maximum Gasteiger partial charge on any atom is 0.331 e. The number of β-amino-alcohol motifs (C(OH)–C–C–N with tert-alkyl or cyclic N) is 1. The minimum absolute atomic E-state index is 0.0415. The molecule has 1 fully saturated rings. The third kappa shape index (κ3) is 2.44. The van der Waals surface area contributed by atoms with E-state index in [9.17, 15) is 15.2 Å². The van der Waals surface area contributed by atoms with Gasteiger partial charge in [0.1, 0.15) is 6.20 Å². The SMILES string of the molecule is Cn1ncc([N+](=O)[O-])c1N1CC[C@H](N)C[C@H](O)C1. The lowest BCUT2D eigenvalue weighted by atomic mass is 10.1. The van der Waals surface area contributed by atoms with Gasteiger partial charge in [0.15, 0.2) is 0 Å². The zero-order valence-corrected chi connectivity index (χ0v) is 10.2. The van der Waals surface area contributed by atoms with Gasteiger partial charge in [0.2, 0.25) is 5.82 Å². The second-order valence-electron chi connectivity index (χ2n) is 4.62. The van der Waals surface area contributed by atoms with E-state index in [0.717, 1.165) is 0 Å². The first-order chi connectivity index (χ1) is 8.49. The topological polar surface area (TPSA) is 110 Å². The number of nitrogens with zero attached hydrogens (tertiary/aromatic N) is 4. The van der Waals surface area contributed by atoms with Crippen LogP contribution < -0.4 is 10.6 Å². The van der Waals surface area contributed by atoms with Gasteiger partial charge in [-0.2, -0.15) is 5.10 Å². The Bertz CT molecular complexity index is 447. The van der Waals surface area contributed by atoms with E-state index in [-0.39, 0.29) is 11.7 Å². The molecule has 0 bridgehead atoms. The molecule has 3 N–H and O–H groups in total. The van der Waals surface area contributed by atoms with Crippen LogP contribution >= 0.6 is 0 Å². The Labute approximate surface area is 104 Å². The molecule has 1 aliphatic rings. The second-order valence-corrected chi connectivity index (χ2v) is 4.62. The fourth-order valence-electron chi connectivity index (χ4n) is 2.32. The molecule has 1 saturated heterocycles. The van der Waals surface area contributed by atoms with Crippen LogP contribution in [0.25, 0.3) is 0 Å². The minimum atomic E-state index is -0.572. The third-order valence-electron chi connectivity index (χ3n) is 3.16. The summed E-state index contributed by atoms with van der Waals surface area (Å²) in [5, 5.41) is 24.7. The number of rotatable bonds is 2. The van der Waals surface area contributed by atoms with Gasteiger partial charge in [-0.05, 0) is 12.8 Å². The standard InChI is InChI=1S/C10H17N5O3/c1-13-10(9(5-12-13)15(17)18)14-3-2-7(11)4-8(16)6-14/h5,7-8,16H,2-4,6,11H2,1H3/t7-,8-/m0/s1. The number of aromatic nitrogens is 2. The molecule has 0 saturated carbocycles. The molecule has 0 amide bonds. The molecule has 100 valence electrons. The summed E-state index contributed by atoms with van der Waals surface area (Å²) < 4.78 is 1.46. The van der Waals surface area contributed by atoms with Crippen LogP contribution in [0.1, 0.15) is 12.8 Å². The number of nitro groups is 1. The van der Waals surface area contributed by atoms with Crippen LogP contribution in [0.2, 0.25) is 0 Å². The molecule has 0 unspecified atom stereocenters. The highest BCUT2D eigenvalue weighted by Crippen LogP contribution is 2.28. The molecule has 8 heteroatoms. The van der Waals surface area contributed by atoms with Crippen LogP contribution in [0.5, 0.6) is 0 Å². The summed E-state index contributed by atoms with van der Waals surface area (Å²) >= 11 is 0. The van der Waals surface area contributed by atoms with Crippen LogP contribution in [-0.2, 0) is 7.05 Å². The number of anilines is 1. The van der Waals surface area contributed by atoms with Gasteiger partial charge in [-0.15, -0.1) is 0 Å². The first-order valence-electron chi connectivity index (χ1n) is 5.84. The molecule has 18 heavy (non-hydrogen) atoms. The van der Waals surface area contributed by atoms with Crippen LogP contribution in [0.3, 0.4) is 0 Å². The number of aliphatic hydroxyl groups excluding tert-OH is 1. The minimum Gasteiger partial charge on any atom is -0.391 e. The number of hydrogen-bond donors (Lipinski definition) is 2. The Kier molecular flexibility index (Phi) is 3.48. The summed E-state index contributed by atoms with van der Waals surface area (Å²) in [6.45, 7) is 0.923. The highest BCUT2D eigenvalue weighted by atomic mass is 16.6. The van der Waals surface area contributed by atoms with Crippen molar-refractivity contribution in [3.05, 3.63) is 16.3 Å². The molecule has 0 aromatic carbocycles. The van der Waals surface area contributed by atoms with Crippen molar-refractivity contribution >= 4 is 11.5 Å². The summed E-state index contributed by atoms with van der Waals surface area (Å²) in [4.78, 5) is 12.3. The Morgan fingerprint density at radius 2 is 2.39 bits per heavy atom. The molecule has 1 aliphatic heterocycles. The molecule has 2 heterocycles. The third-order valence-corrected chi connectivity index (χ3v) is 3.16. The Balaban J connectivity index is 2.30. The maximum atomic E-state index is 10.9. The Morgan fingerprint density at radius 3 is 3.06 bits per heavy atom. The van der Waals surface area contributed by atoms with E-state index < -0.39 is 11.0 Å². The van der Waals surface area contributed by atoms with E-state index in [4.69, 9.17) is 5.73 Å². The van der Waals surface area contributed by atoms with Gasteiger partial charge in [-0.1, -0.05) is 0 Å². The molecule has 0 aliphatic carbocycles. The molecule has 2 atom stereocenters. The van der Waals surface area contributed by atoms with Gasteiger partial charge in [-0.3, -0.25) is 10.1 Å². The summed E-state index contributed by atoms with van der Waals surface area (Å²) in [6, 6.07) is -0.0720. The van der Waals surface area contributed by atoms with Crippen molar-refractivity contribution in [1.29, 1.82) is 0 Å². The first kappa shape index (κ1) is 12.8. The summed E-state index contributed by atoms with van der Waals surface area (Å²) in [7, 11) is 1.65. The molecular weight excluding hydrogens is 238 g/mol. The van der Waals surface area contributed by atoms with Gasteiger partial charge in [-0.25, -0.2) is 4.68 Å². The number of hydrogen-bond acceptors (Lipinski definition) is 6. The largest absolute Gasteiger partial charge is 0.391 e. The zero-order chi connectivity index (χ0) is 13.3. The van der Waals surface area contributed by atoms with Crippen molar-refractivity contribution in [2.75, 3.05) is 18.0 Å². The van der Waals surface area contributed by atoms with Gasteiger partial charge in [0, 0.05) is 26.2 Å². The van der Waals surface area contributed by atoms with E-state index in [1.54, 1.807) is 11.9 Å². The van der Waals surface area contributed by atoms with Crippen LogP contribution in [-0.4, -0.2) is 45.0 Å². The van der Waals surface area contributed by atoms with Crippen molar-refractivity contribution in [1.82, 2.24) is 9.78 Å². The van der Waals surface area contributed by atoms with Crippen LogP contribution in [0.15, 0.2) is 6.20 Å². The molecule has 0 spiro atoms. The second kappa shape index (κ2) is 4.91. The van der Waals surface area contributed by atoms with E-state index >= 15 is 0 Å². The van der Waals surface area contributed by atoms with E-state index in [1.165, 1.54) is 10.9 Å². The maximum absolute atomic E-state index is 10.9. The van der Waals surface area contributed by atoms with Crippen molar-refractivity contribution < 1.29 is 10.0 Å². The lowest BCUT2D eigenvalue weighted by Crippen LogP contribution is -2.32. The van der Waals surface area contributed by atoms with Gasteiger partial charge >= 0.3 is 5.69 Å². The molecule has 2 rings (SSSR count). The average Bonchev–Trinajstić information content (AvgIpc) is 2.58. The van der Waals surface area contributed by atoms with Gasteiger partial charge in [0.25, 0.3) is 0 Å². The normalized spacial score (nSPS) is 24.9. The highest BCUT2D eigenvalue weighted by molar-refractivity contribution is 5.57. The fourth-order valence-corrected chi connectivity index (χ4v) is 2.32. The summed E-state index contributed by atoms with van der Waals surface area (Å²) in [6.07, 6.45) is 1.87. The predicted octanol–water partition coefficient (Wildman–Crippen LogP) is -0.383. The zero-order valence-electron chi connectivity index (χ0n) is 10.2. The quantitative estimate of drug-likeness (QED) is 0.550. The Hall–Kier alpha value is -1.67. The number of aryl methyl sites for hydroxylation is 1. The van der Waals surface area contributed by atoms with Gasteiger partial charge < -0.3 is 15.7 Å². The lowest BCUT2D eigenvalue weighted by Gasteiger charge is -2.23. The van der Waals surface area contributed by atoms with Crippen molar-refractivity contribution in [2.45, 2.75) is 25.0 Å². The van der Waals surface area contributed by atoms with Crippen molar-refractivity contribution in [3.63, 3.8) is 0 Å². The van der Waals surface area contributed by atoms with Crippen molar-refractivity contribution in [2.24, 2.45) is 12.8 Å². The smallest absolute Gasteiger partial charge is 0.331 e. The van der Waals surface area contributed by atoms with E-state index in [1.807, 2.05) is 0 Å². The molecule has 1 aromatic heterocycles. The predicted molar refractivity (Wildman–Crippen MR) is 65.3 cm³/mol. The molecule has 1 aromatic rings. The van der Waals surface area contributed by atoms with E-state index in [2.05, 4.69) is 5.10 Å². The molecular formula is C10H17N5O3. The summed E-state index contributed by atoms with van der Waals surface area (Å²) in [5.74, 6) is 0.424. The monoisotopic (exact) mass is 255 g/mol. The molecule has 0 radical (unpaired) electrons. The average molecular weight is 255 g/mol. The number of aliphatic hydroxyl groups is 1.